The van der Waals surface area contributed by atoms with Gasteiger partial charge in [-0.3, -0.25) is 4.98 Å². The summed E-state index contributed by atoms with van der Waals surface area (Å²) in [6, 6.07) is 2.39. The largest absolute Gasteiger partial charge is 0.492 e. The lowest BCUT2D eigenvalue weighted by Crippen LogP contribution is -2.26. The van der Waals surface area contributed by atoms with Gasteiger partial charge in [0.2, 0.25) is 0 Å². The van der Waals surface area contributed by atoms with Gasteiger partial charge in [0.1, 0.15) is 5.75 Å². The summed E-state index contributed by atoms with van der Waals surface area (Å²) in [6.45, 7) is 6.76. The standard InChI is InChI=1S/C16H26N2O2/c1-3-7-18-16(10-14-6-5-8-20-14)13-9-15(19-4-2)12-17-11-13/h9,11-12,14,16,18H,3-8,10H2,1-2H3. The minimum absolute atomic E-state index is 0.297. The average Bonchev–Trinajstić information content (AvgIpc) is 2.97. The molecule has 0 radical (unpaired) electrons. The van der Waals surface area contributed by atoms with Crippen molar-refractivity contribution in [2.24, 2.45) is 0 Å². The molecular weight excluding hydrogens is 252 g/mol. The predicted octanol–water partition coefficient (Wildman–Crippen LogP) is 3.09. The van der Waals surface area contributed by atoms with Gasteiger partial charge < -0.3 is 14.8 Å². The molecule has 0 aromatic carbocycles. The molecule has 0 saturated carbocycles. The molecule has 4 heteroatoms. The molecule has 1 aliphatic rings. The van der Waals surface area contributed by atoms with Crippen molar-refractivity contribution in [3.63, 3.8) is 0 Å². The van der Waals surface area contributed by atoms with Gasteiger partial charge in [0.25, 0.3) is 0 Å². The minimum Gasteiger partial charge on any atom is -0.492 e. The molecule has 1 N–H and O–H groups in total. The van der Waals surface area contributed by atoms with Crippen LogP contribution in [0.25, 0.3) is 0 Å². The quantitative estimate of drug-likeness (QED) is 0.793. The maximum Gasteiger partial charge on any atom is 0.137 e. The molecule has 0 bridgehead atoms. The van der Waals surface area contributed by atoms with Crippen molar-refractivity contribution >= 4 is 0 Å². The third-order valence-electron chi connectivity index (χ3n) is 3.61. The van der Waals surface area contributed by atoms with Crippen LogP contribution in [0.2, 0.25) is 0 Å². The van der Waals surface area contributed by atoms with Crippen molar-refractivity contribution < 1.29 is 9.47 Å². The van der Waals surface area contributed by atoms with E-state index in [0.717, 1.165) is 31.7 Å². The van der Waals surface area contributed by atoms with Gasteiger partial charge in [-0.15, -0.1) is 0 Å². The highest BCUT2D eigenvalue weighted by molar-refractivity contribution is 5.26. The van der Waals surface area contributed by atoms with Crippen LogP contribution >= 0.6 is 0 Å². The number of ether oxygens (including phenoxy) is 2. The molecule has 4 nitrogen and oxygen atoms in total. The van der Waals surface area contributed by atoms with Crippen LogP contribution < -0.4 is 10.1 Å². The summed E-state index contributed by atoms with van der Waals surface area (Å²) in [7, 11) is 0. The minimum atomic E-state index is 0.297. The van der Waals surface area contributed by atoms with E-state index in [1.165, 1.54) is 18.4 Å². The Bertz CT molecular complexity index is 392. The summed E-state index contributed by atoms with van der Waals surface area (Å²) in [5.74, 6) is 0.848. The van der Waals surface area contributed by atoms with Crippen molar-refractivity contribution in [2.75, 3.05) is 19.8 Å². The van der Waals surface area contributed by atoms with E-state index in [0.29, 0.717) is 18.8 Å². The van der Waals surface area contributed by atoms with Crippen LogP contribution in [0.1, 0.15) is 51.1 Å². The van der Waals surface area contributed by atoms with Gasteiger partial charge in [0.05, 0.1) is 18.9 Å². The Morgan fingerprint density at radius 3 is 3.05 bits per heavy atom. The summed E-state index contributed by atoms with van der Waals surface area (Å²) in [5.41, 5.74) is 1.19. The van der Waals surface area contributed by atoms with E-state index in [1.54, 1.807) is 6.20 Å². The van der Waals surface area contributed by atoms with E-state index in [-0.39, 0.29) is 0 Å². The molecule has 0 aliphatic carbocycles. The molecule has 0 amide bonds. The number of aromatic nitrogens is 1. The van der Waals surface area contributed by atoms with Gasteiger partial charge in [-0.2, -0.15) is 0 Å². The van der Waals surface area contributed by atoms with E-state index in [1.807, 2.05) is 13.1 Å². The molecule has 1 aromatic rings. The normalized spacial score (nSPS) is 20.0. The van der Waals surface area contributed by atoms with Crippen molar-refractivity contribution in [1.29, 1.82) is 0 Å². The molecule has 0 spiro atoms. The first-order valence-electron chi connectivity index (χ1n) is 7.76. The highest BCUT2D eigenvalue weighted by Gasteiger charge is 2.22. The molecule has 112 valence electrons. The van der Waals surface area contributed by atoms with E-state index in [9.17, 15) is 0 Å². The molecule has 2 unspecified atom stereocenters. The van der Waals surface area contributed by atoms with Gasteiger partial charge in [0.15, 0.2) is 0 Å². The third-order valence-corrected chi connectivity index (χ3v) is 3.61. The summed E-state index contributed by atoms with van der Waals surface area (Å²) in [6.07, 6.45) is 8.57. The lowest BCUT2D eigenvalue weighted by Gasteiger charge is -2.22. The fourth-order valence-electron chi connectivity index (χ4n) is 2.62. The second-order valence-electron chi connectivity index (χ2n) is 5.26. The van der Waals surface area contributed by atoms with E-state index in [2.05, 4.69) is 23.3 Å². The van der Waals surface area contributed by atoms with Crippen LogP contribution in [0.15, 0.2) is 18.5 Å². The Labute approximate surface area is 121 Å². The lowest BCUT2D eigenvalue weighted by molar-refractivity contribution is 0.0945. The molecule has 1 fully saturated rings. The topological polar surface area (TPSA) is 43.4 Å². The van der Waals surface area contributed by atoms with Gasteiger partial charge in [0, 0.05) is 18.8 Å². The number of rotatable bonds is 8. The Morgan fingerprint density at radius 2 is 2.35 bits per heavy atom. The second kappa shape index (κ2) is 8.22. The Hall–Kier alpha value is -1.13. The van der Waals surface area contributed by atoms with Crippen molar-refractivity contribution in [3.05, 3.63) is 24.0 Å². The third kappa shape index (κ3) is 4.46. The number of pyridine rings is 1. The lowest BCUT2D eigenvalue weighted by atomic mass is 10.0. The van der Waals surface area contributed by atoms with Crippen molar-refractivity contribution in [2.45, 2.75) is 51.7 Å². The van der Waals surface area contributed by atoms with Crippen molar-refractivity contribution in [3.8, 4) is 5.75 Å². The molecule has 2 heterocycles. The van der Waals surface area contributed by atoms with Gasteiger partial charge >= 0.3 is 0 Å². The zero-order valence-electron chi connectivity index (χ0n) is 12.6. The Balaban J connectivity index is 2.05. The van der Waals surface area contributed by atoms with Crippen LogP contribution in [0, 0.1) is 0 Å². The number of nitrogens with zero attached hydrogens (tertiary/aromatic N) is 1. The number of hydrogen-bond acceptors (Lipinski definition) is 4. The van der Waals surface area contributed by atoms with Gasteiger partial charge in [-0.25, -0.2) is 0 Å². The first kappa shape index (κ1) is 15.3. The fraction of sp³-hybridized carbons (Fsp3) is 0.688. The fourth-order valence-corrected chi connectivity index (χ4v) is 2.62. The van der Waals surface area contributed by atoms with Crippen LogP contribution in [-0.2, 0) is 4.74 Å². The summed E-state index contributed by atoms with van der Waals surface area (Å²) >= 11 is 0. The number of nitrogens with one attached hydrogen (secondary N) is 1. The molecule has 1 saturated heterocycles. The first-order chi connectivity index (χ1) is 9.83. The SMILES string of the molecule is CCCNC(CC1CCCO1)c1cncc(OCC)c1. The monoisotopic (exact) mass is 278 g/mol. The van der Waals surface area contributed by atoms with Gasteiger partial charge in [-0.05, 0) is 50.8 Å². The van der Waals surface area contributed by atoms with E-state index in [4.69, 9.17) is 9.47 Å². The van der Waals surface area contributed by atoms with Crippen LogP contribution in [0.3, 0.4) is 0 Å². The average molecular weight is 278 g/mol. The molecule has 1 aliphatic heterocycles. The molecule has 1 aromatic heterocycles. The molecule has 2 rings (SSSR count). The maximum absolute atomic E-state index is 5.77. The molecule has 2 atom stereocenters. The van der Waals surface area contributed by atoms with Crippen LogP contribution in [-0.4, -0.2) is 30.8 Å². The predicted molar refractivity (Wildman–Crippen MR) is 80.0 cm³/mol. The van der Waals surface area contributed by atoms with Gasteiger partial charge in [-0.1, -0.05) is 6.92 Å². The number of hydrogen-bond donors (Lipinski definition) is 1. The second-order valence-corrected chi connectivity index (χ2v) is 5.26. The van der Waals surface area contributed by atoms with Crippen molar-refractivity contribution in [1.82, 2.24) is 10.3 Å². The Kier molecular flexibility index (Phi) is 6.27. The summed E-state index contributed by atoms with van der Waals surface area (Å²) in [5, 5.41) is 3.61. The summed E-state index contributed by atoms with van der Waals surface area (Å²) in [4.78, 5) is 4.30. The zero-order chi connectivity index (χ0) is 14.2. The Morgan fingerprint density at radius 1 is 1.45 bits per heavy atom. The van der Waals surface area contributed by atoms with E-state index < -0.39 is 0 Å². The maximum atomic E-state index is 5.77. The smallest absolute Gasteiger partial charge is 0.137 e. The first-order valence-corrected chi connectivity index (χ1v) is 7.76. The highest BCUT2D eigenvalue weighted by Crippen LogP contribution is 2.26. The zero-order valence-corrected chi connectivity index (χ0v) is 12.6. The highest BCUT2D eigenvalue weighted by atomic mass is 16.5. The molecule has 20 heavy (non-hydrogen) atoms. The summed E-state index contributed by atoms with van der Waals surface area (Å²) < 4.78 is 11.3. The van der Waals surface area contributed by atoms with Crippen LogP contribution in [0.4, 0.5) is 0 Å². The van der Waals surface area contributed by atoms with E-state index >= 15 is 0 Å². The van der Waals surface area contributed by atoms with Crippen LogP contribution in [0.5, 0.6) is 5.75 Å². The molecular formula is C16H26N2O2.